The third-order valence-corrected chi connectivity index (χ3v) is 2.32. The maximum atomic E-state index is 9.09. The van der Waals surface area contributed by atoms with Gasteiger partial charge in [0.05, 0.1) is 12.2 Å². The van der Waals surface area contributed by atoms with Gasteiger partial charge in [0.2, 0.25) is 0 Å². The average Bonchev–Trinajstić information content (AvgIpc) is 2.75. The molecule has 2 rings (SSSR count). The summed E-state index contributed by atoms with van der Waals surface area (Å²) in [6, 6.07) is 1.95. The predicted octanol–water partition coefficient (Wildman–Crippen LogP) is 1.11. The molecule has 0 atom stereocenters. The van der Waals surface area contributed by atoms with Gasteiger partial charge in [-0.1, -0.05) is 0 Å². The zero-order valence-corrected chi connectivity index (χ0v) is 7.85. The molecule has 0 unspecified atom stereocenters. The van der Waals surface area contributed by atoms with Gasteiger partial charge in [-0.05, 0) is 24.8 Å². The van der Waals surface area contributed by atoms with Crippen LogP contribution in [0.3, 0.4) is 0 Å². The summed E-state index contributed by atoms with van der Waals surface area (Å²) < 4.78 is 1.99. The lowest BCUT2D eigenvalue weighted by Gasteiger charge is -2.10. The molecule has 4 nitrogen and oxygen atoms in total. The Bertz CT molecular complexity index is 260. The smallest absolute Gasteiger partial charge is 0.0655 e. The van der Waals surface area contributed by atoms with Gasteiger partial charge in [-0.25, -0.2) is 0 Å². The summed E-state index contributed by atoms with van der Waals surface area (Å²) in [5, 5.41) is 14.5. The van der Waals surface area contributed by atoms with Crippen molar-refractivity contribution in [3.05, 3.63) is 18.0 Å². The first-order valence-electron chi connectivity index (χ1n) is 4.66. The van der Waals surface area contributed by atoms with Crippen molar-refractivity contribution < 1.29 is 5.21 Å². The molecule has 1 aromatic rings. The van der Waals surface area contributed by atoms with Crippen LogP contribution in [0.1, 0.15) is 18.5 Å². The first-order chi connectivity index (χ1) is 6.25. The van der Waals surface area contributed by atoms with E-state index < -0.39 is 0 Å². The van der Waals surface area contributed by atoms with E-state index in [4.69, 9.17) is 5.21 Å². The zero-order valence-electron chi connectivity index (χ0n) is 7.85. The van der Waals surface area contributed by atoms with Crippen LogP contribution >= 0.6 is 0 Å². The van der Waals surface area contributed by atoms with Crippen molar-refractivity contribution >= 4 is 0 Å². The van der Waals surface area contributed by atoms with E-state index in [0.29, 0.717) is 6.54 Å². The van der Waals surface area contributed by atoms with Crippen LogP contribution in [0, 0.1) is 5.92 Å². The summed E-state index contributed by atoms with van der Waals surface area (Å²) in [7, 11) is 1.65. The molecule has 0 aliphatic heterocycles. The van der Waals surface area contributed by atoms with Crippen LogP contribution in [0.25, 0.3) is 0 Å². The summed E-state index contributed by atoms with van der Waals surface area (Å²) in [5.74, 6) is 0.822. The lowest BCUT2D eigenvalue weighted by molar-refractivity contribution is -0.0750. The Morgan fingerprint density at radius 2 is 2.46 bits per heavy atom. The summed E-state index contributed by atoms with van der Waals surface area (Å²) in [6.07, 6.45) is 4.45. The van der Waals surface area contributed by atoms with Crippen molar-refractivity contribution in [3.8, 4) is 0 Å². The molecule has 0 amide bonds. The van der Waals surface area contributed by atoms with E-state index in [1.54, 1.807) is 13.2 Å². The van der Waals surface area contributed by atoms with Crippen LogP contribution in [0.15, 0.2) is 12.3 Å². The molecule has 4 heteroatoms. The summed E-state index contributed by atoms with van der Waals surface area (Å²) in [4.78, 5) is 0. The minimum Gasteiger partial charge on any atom is -0.314 e. The lowest BCUT2D eigenvalue weighted by atomic mass is 10.4. The molecule has 1 saturated carbocycles. The second kappa shape index (κ2) is 3.47. The normalized spacial score (nSPS) is 16.8. The van der Waals surface area contributed by atoms with E-state index in [2.05, 4.69) is 5.10 Å². The van der Waals surface area contributed by atoms with Gasteiger partial charge in [0.25, 0.3) is 0 Å². The first-order valence-corrected chi connectivity index (χ1v) is 4.66. The second-order valence-electron chi connectivity index (χ2n) is 3.76. The number of aromatic nitrogens is 2. The molecule has 1 fully saturated rings. The number of nitrogens with zero attached hydrogens (tertiary/aromatic N) is 3. The van der Waals surface area contributed by atoms with Crippen molar-refractivity contribution in [1.29, 1.82) is 0 Å². The molecular formula is C9H15N3O. The van der Waals surface area contributed by atoms with E-state index >= 15 is 0 Å². The number of hydrogen-bond acceptors (Lipinski definition) is 3. The topological polar surface area (TPSA) is 41.3 Å². The number of hydrogen-bond donors (Lipinski definition) is 1. The van der Waals surface area contributed by atoms with Crippen molar-refractivity contribution in [2.75, 3.05) is 7.05 Å². The quantitative estimate of drug-likeness (QED) is 0.707. The number of rotatable bonds is 4. The van der Waals surface area contributed by atoms with Crippen molar-refractivity contribution in [2.24, 2.45) is 5.92 Å². The van der Waals surface area contributed by atoms with E-state index in [1.165, 1.54) is 17.9 Å². The highest BCUT2D eigenvalue weighted by molar-refractivity contribution is 5.00. The molecule has 0 saturated heterocycles. The van der Waals surface area contributed by atoms with Crippen molar-refractivity contribution in [2.45, 2.75) is 25.9 Å². The first kappa shape index (κ1) is 8.72. The van der Waals surface area contributed by atoms with Crippen molar-refractivity contribution in [1.82, 2.24) is 14.8 Å². The van der Waals surface area contributed by atoms with E-state index in [9.17, 15) is 0 Å². The summed E-state index contributed by atoms with van der Waals surface area (Å²) in [6.45, 7) is 1.56. The molecule has 72 valence electrons. The van der Waals surface area contributed by atoms with Gasteiger partial charge in [0, 0.05) is 19.8 Å². The minimum atomic E-state index is 0.548. The Morgan fingerprint density at radius 3 is 3.08 bits per heavy atom. The molecule has 13 heavy (non-hydrogen) atoms. The van der Waals surface area contributed by atoms with Crippen LogP contribution in [0.4, 0.5) is 0 Å². The van der Waals surface area contributed by atoms with Gasteiger partial charge in [-0.3, -0.25) is 4.68 Å². The largest absolute Gasteiger partial charge is 0.314 e. The molecule has 0 radical (unpaired) electrons. The Morgan fingerprint density at radius 1 is 1.69 bits per heavy atom. The van der Waals surface area contributed by atoms with Crippen LogP contribution in [-0.4, -0.2) is 27.1 Å². The van der Waals surface area contributed by atoms with E-state index in [-0.39, 0.29) is 0 Å². The molecular weight excluding hydrogens is 166 g/mol. The third kappa shape index (κ3) is 2.29. The van der Waals surface area contributed by atoms with Gasteiger partial charge >= 0.3 is 0 Å². The van der Waals surface area contributed by atoms with E-state index in [1.807, 2.05) is 10.7 Å². The SMILES string of the molecule is CN(O)Cc1ccnn1CC1CC1. The van der Waals surface area contributed by atoms with Gasteiger partial charge in [0.1, 0.15) is 0 Å². The van der Waals surface area contributed by atoms with E-state index in [0.717, 1.165) is 18.2 Å². The van der Waals surface area contributed by atoms with Gasteiger partial charge in [0.15, 0.2) is 0 Å². The second-order valence-corrected chi connectivity index (χ2v) is 3.76. The highest BCUT2D eigenvalue weighted by Gasteiger charge is 2.22. The number of hydroxylamine groups is 2. The summed E-state index contributed by atoms with van der Waals surface area (Å²) in [5.41, 5.74) is 1.08. The fraction of sp³-hybridized carbons (Fsp3) is 0.667. The van der Waals surface area contributed by atoms with Crippen LogP contribution in [-0.2, 0) is 13.1 Å². The molecule has 1 aliphatic carbocycles. The average molecular weight is 181 g/mol. The van der Waals surface area contributed by atoms with Crippen LogP contribution < -0.4 is 0 Å². The molecule has 0 bridgehead atoms. The Balaban J connectivity index is 2.01. The standard InChI is InChI=1S/C9H15N3O/c1-11(13)7-9-4-5-10-12(9)6-8-2-3-8/h4-5,8,13H,2-3,6-7H2,1H3. The molecule has 0 spiro atoms. The Kier molecular flexibility index (Phi) is 2.33. The fourth-order valence-corrected chi connectivity index (χ4v) is 1.44. The van der Waals surface area contributed by atoms with Crippen LogP contribution in [0.2, 0.25) is 0 Å². The summed E-state index contributed by atoms with van der Waals surface area (Å²) >= 11 is 0. The molecule has 1 heterocycles. The predicted molar refractivity (Wildman–Crippen MR) is 48.2 cm³/mol. The van der Waals surface area contributed by atoms with Gasteiger partial charge in [-0.2, -0.15) is 10.2 Å². The monoisotopic (exact) mass is 181 g/mol. The molecule has 1 aliphatic rings. The Labute approximate surface area is 77.7 Å². The zero-order chi connectivity index (χ0) is 9.26. The van der Waals surface area contributed by atoms with Gasteiger partial charge < -0.3 is 5.21 Å². The maximum absolute atomic E-state index is 9.09. The highest BCUT2D eigenvalue weighted by atomic mass is 16.5. The maximum Gasteiger partial charge on any atom is 0.0655 e. The van der Waals surface area contributed by atoms with Crippen molar-refractivity contribution in [3.63, 3.8) is 0 Å². The third-order valence-electron chi connectivity index (χ3n) is 2.32. The minimum absolute atomic E-state index is 0.548. The molecule has 0 aromatic carbocycles. The fourth-order valence-electron chi connectivity index (χ4n) is 1.44. The lowest BCUT2D eigenvalue weighted by Crippen LogP contribution is -2.16. The van der Waals surface area contributed by atoms with Gasteiger partial charge in [-0.15, -0.1) is 0 Å². The Hall–Kier alpha value is -0.870. The molecule has 1 aromatic heterocycles. The van der Waals surface area contributed by atoms with Crippen LogP contribution in [0.5, 0.6) is 0 Å². The molecule has 1 N–H and O–H groups in total. The highest BCUT2D eigenvalue weighted by Crippen LogP contribution is 2.30.